The van der Waals surface area contributed by atoms with Crippen LogP contribution in [0.3, 0.4) is 0 Å². The Bertz CT molecular complexity index is 337. The molecular weight excluding hydrogens is 243 g/mol. The third kappa shape index (κ3) is 1.99. The highest BCUT2D eigenvalue weighted by Crippen LogP contribution is 2.15. The van der Waals surface area contributed by atoms with Crippen LogP contribution in [0.1, 0.15) is 0 Å². The molecule has 0 radical (unpaired) electrons. The van der Waals surface area contributed by atoms with Crippen LogP contribution in [-0.4, -0.2) is 8.80 Å². The quantitative estimate of drug-likeness (QED) is 0.599. The molecule has 0 heterocycles. The van der Waals surface area contributed by atoms with Crippen LogP contribution >= 0.6 is 0 Å². The summed E-state index contributed by atoms with van der Waals surface area (Å²) in [5, 5.41) is -1.13. The van der Waals surface area contributed by atoms with Gasteiger partial charge >= 0.3 is 8.80 Å². The topological polar surface area (TPSA) is 27.7 Å². The predicted molar refractivity (Wildman–Crippen MR) is 38.3 cm³/mol. The van der Waals surface area contributed by atoms with Crippen LogP contribution in [0.2, 0.25) is 0 Å². The number of hydrogen-bond donors (Lipinski definition) is 0. The molecule has 1 rings (SSSR count). The van der Waals surface area contributed by atoms with Gasteiger partial charge in [0.05, 0.1) is 5.19 Å². The first-order valence-electron chi connectivity index (χ1n) is 3.45. The van der Waals surface area contributed by atoms with E-state index in [1.54, 1.807) is 0 Å². The highest BCUT2D eigenvalue weighted by molar-refractivity contribution is 6.74. The average Bonchev–Trinajstić information content (AvgIpc) is 2.27. The van der Waals surface area contributed by atoms with Gasteiger partial charge in [-0.1, -0.05) is 25.7 Å². The van der Waals surface area contributed by atoms with Crippen molar-refractivity contribution in [1.29, 1.82) is 0 Å². The number of rotatable bonds is 4. The highest BCUT2D eigenvalue weighted by Gasteiger charge is 2.53. The van der Waals surface area contributed by atoms with Crippen LogP contribution in [0.15, 0.2) is 18.2 Å². The van der Waals surface area contributed by atoms with Gasteiger partial charge in [-0.2, -0.15) is 13.9 Å². The molecule has 0 amide bonds. The van der Waals surface area contributed by atoms with Crippen molar-refractivity contribution in [1.82, 2.24) is 0 Å². The second-order valence-electron chi connectivity index (χ2n) is 2.39. The van der Waals surface area contributed by atoms with Crippen LogP contribution in [-0.2, 0) is 13.9 Å². The first-order chi connectivity index (χ1) is 7.11. The molecule has 0 bridgehead atoms. The Labute approximate surface area is 81.1 Å². The molecule has 15 heavy (non-hydrogen) atoms. The lowest BCUT2D eigenvalue weighted by molar-refractivity contribution is -0.204. The van der Waals surface area contributed by atoms with Gasteiger partial charge in [-0.15, -0.1) is 0 Å². The first kappa shape index (κ1) is 12.0. The fourth-order valence-electron chi connectivity index (χ4n) is 0.901. The smallest absolute Gasteiger partial charge is 0.204 e. The minimum Gasteiger partial charge on any atom is -0.204 e. The van der Waals surface area contributed by atoms with Gasteiger partial charge < -0.3 is 0 Å². The summed E-state index contributed by atoms with van der Waals surface area (Å²) in [7, 11) is -5.28. The van der Waals surface area contributed by atoms with Crippen LogP contribution in [0.25, 0.3) is 0 Å². The summed E-state index contributed by atoms with van der Waals surface area (Å²) in [5.41, 5.74) is 0. The number of hydrogen-bond acceptors (Lipinski definition) is 3. The maximum atomic E-state index is 13.0. The summed E-state index contributed by atoms with van der Waals surface area (Å²) in [6, 6.07) is 2.21. The van der Waals surface area contributed by atoms with Gasteiger partial charge in [0.2, 0.25) is 0 Å². The predicted octanol–water partition coefficient (Wildman–Crippen LogP) is 1.81. The lowest BCUT2D eigenvalue weighted by atomic mass is 10.3. The molecule has 0 spiro atoms. The normalized spacial score (nSPS) is 11.8. The zero-order valence-electron chi connectivity index (χ0n) is 6.85. The Morgan fingerprint density at radius 1 is 0.933 bits per heavy atom. The van der Waals surface area contributed by atoms with Gasteiger partial charge in [-0.25, -0.2) is 8.78 Å². The fraction of sp³-hybridized carbons (Fsp3) is 0. The molecule has 0 aliphatic rings. The van der Waals surface area contributed by atoms with Crippen molar-refractivity contribution in [2.45, 2.75) is 0 Å². The number of halogens is 5. The number of benzene rings is 1. The van der Waals surface area contributed by atoms with Crippen molar-refractivity contribution in [3.8, 4) is 0 Å². The molecule has 0 unspecified atom stereocenters. The fourth-order valence-corrected chi connectivity index (χ4v) is 1.91. The Morgan fingerprint density at radius 2 is 1.47 bits per heavy atom. The third-order valence-electron chi connectivity index (χ3n) is 1.59. The van der Waals surface area contributed by atoms with Crippen LogP contribution < -0.4 is 5.19 Å². The maximum absolute atomic E-state index is 13.0. The standard InChI is InChI=1S/C6H3F5O3Si/c7-4-2-1-3-5(6(4)8)15(12-9,13-10)14-11/h1-3H. The molecule has 0 fully saturated rings. The van der Waals surface area contributed by atoms with Crippen molar-refractivity contribution >= 4 is 14.0 Å². The second-order valence-corrected chi connectivity index (χ2v) is 4.50. The van der Waals surface area contributed by atoms with E-state index >= 15 is 0 Å². The maximum Gasteiger partial charge on any atom is 0.637 e. The molecule has 0 atom stereocenters. The Hall–Kier alpha value is -1.03. The molecule has 84 valence electrons. The Balaban J connectivity index is 3.28. The van der Waals surface area contributed by atoms with E-state index in [0.717, 1.165) is 6.07 Å². The van der Waals surface area contributed by atoms with Gasteiger partial charge in [0.1, 0.15) is 0 Å². The van der Waals surface area contributed by atoms with E-state index in [9.17, 15) is 22.4 Å². The van der Waals surface area contributed by atoms with Crippen molar-refractivity contribution in [2.75, 3.05) is 0 Å². The SMILES string of the molecule is FO[Si](OF)(OF)c1cccc(F)c1F. The summed E-state index contributed by atoms with van der Waals surface area (Å²) in [5.74, 6) is -3.16. The van der Waals surface area contributed by atoms with E-state index in [2.05, 4.69) is 13.9 Å². The van der Waals surface area contributed by atoms with E-state index in [4.69, 9.17) is 0 Å². The highest BCUT2D eigenvalue weighted by atomic mass is 28.4. The van der Waals surface area contributed by atoms with Gasteiger partial charge in [0, 0.05) is 0 Å². The van der Waals surface area contributed by atoms with Crippen LogP contribution in [0, 0.1) is 11.6 Å². The van der Waals surface area contributed by atoms with E-state index < -0.39 is 25.6 Å². The van der Waals surface area contributed by atoms with Gasteiger partial charge in [-0.3, -0.25) is 0 Å². The minimum absolute atomic E-state index is 0.659. The van der Waals surface area contributed by atoms with Gasteiger partial charge in [0.15, 0.2) is 11.6 Å². The van der Waals surface area contributed by atoms with E-state index in [1.165, 1.54) is 0 Å². The first-order valence-corrected chi connectivity index (χ1v) is 5.17. The van der Waals surface area contributed by atoms with Crippen molar-refractivity contribution < 1.29 is 36.3 Å². The summed E-state index contributed by atoms with van der Waals surface area (Å²) >= 11 is 0. The third-order valence-corrected chi connectivity index (χ3v) is 3.24. The molecule has 0 aliphatic heterocycles. The lowest BCUT2D eigenvalue weighted by Gasteiger charge is -2.15. The molecule has 0 saturated carbocycles. The van der Waals surface area contributed by atoms with Crippen LogP contribution in [0.5, 0.6) is 0 Å². The summed E-state index contributed by atoms with van der Waals surface area (Å²) < 4.78 is 69.6. The minimum atomic E-state index is -5.28. The monoisotopic (exact) mass is 246 g/mol. The van der Waals surface area contributed by atoms with Crippen LogP contribution in [0.4, 0.5) is 22.4 Å². The zero-order chi connectivity index (χ0) is 11.5. The summed E-state index contributed by atoms with van der Waals surface area (Å²) in [6.07, 6.45) is 0. The molecule has 0 aromatic heterocycles. The average molecular weight is 246 g/mol. The molecule has 1 aromatic carbocycles. The zero-order valence-corrected chi connectivity index (χ0v) is 7.85. The Morgan fingerprint density at radius 3 is 1.93 bits per heavy atom. The second kappa shape index (κ2) is 4.66. The van der Waals surface area contributed by atoms with E-state index in [0.29, 0.717) is 12.1 Å². The lowest BCUT2D eigenvalue weighted by Crippen LogP contribution is -2.53. The molecule has 0 saturated heterocycles. The molecule has 3 nitrogen and oxygen atoms in total. The van der Waals surface area contributed by atoms with E-state index in [1.807, 2.05) is 0 Å². The van der Waals surface area contributed by atoms with Crippen molar-refractivity contribution in [2.24, 2.45) is 0 Å². The molecule has 0 N–H and O–H groups in total. The van der Waals surface area contributed by atoms with Gasteiger partial charge in [0.25, 0.3) is 0 Å². The van der Waals surface area contributed by atoms with Crippen molar-refractivity contribution in [3.05, 3.63) is 29.8 Å². The summed E-state index contributed by atoms with van der Waals surface area (Å²) in [4.78, 5) is 0. The molecule has 9 heteroatoms. The van der Waals surface area contributed by atoms with E-state index in [-0.39, 0.29) is 0 Å². The van der Waals surface area contributed by atoms with Crippen molar-refractivity contribution in [3.63, 3.8) is 0 Å². The largest absolute Gasteiger partial charge is 0.637 e. The van der Waals surface area contributed by atoms with Gasteiger partial charge in [-0.05, 0) is 6.07 Å². The Kier molecular flexibility index (Phi) is 3.74. The molecule has 0 aliphatic carbocycles. The molecular formula is C6H3F5O3Si. The summed E-state index contributed by atoms with van der Waals surface area (Å²) in [6.45, 7) is 0. The molecule has 1 aromatic rings.